The van der Waals surface area contributed by atoms with E-state index < -0.39 is 24.3 Å². The minimum atomic E-state index is -2.86. The number of aryl methyl sites for hydroxylation is 1. The Morgan fingerprint density at radius 2 is 1.92 bits per heavy atom. The van der Waals surface area contributed by atoms with Gasteiger partial charge in [0.1, 0.15) is 5.82 Å². The number of rotatable bonds is 8. The molecule has 1 N–H and O–H groups in total. The highest BCUT2D eigenvalue weighted by atomic mass is 79.9. The van der Waals surface area contributed by atoms with Gasteiger partial charge in [0.2, 0.25) is 5.82 Å². The van der Waals surface area contributed by atoms with E-state index in [1.54, 1.807) is 44.2 Å². The molecule has 36 heavy (non-hydrogen) atoms. The van der Waals surface area contributed by atoms with Crippen LogP contribution in [0.2, 0.25) is 5.02 Å². The van der Waals surface area contributed by atoms with Crippen molar-refractivity contribution in [3.8, 4) is 0 Å². The third-order valence-corrected chi connectivity index (χ3v) is 6.24. The van der Waals surface area contributed by atoms with E-state index >= 15 is 0 Å². The molecule has 0 radical (unpaired) electrons. The summed E-state index contributed by atoms with van der Waals surface area (Å²) in [6.07, 6.45) is -2.86. The Morgan fingerprint density at radius 1 is 1.22 bits per heavy atom. The van der Waals surface area contributed by atoms with Gasteiger partial charge in [0.15, 0.2) is 16.1 Å². The highest BCUT2D eigenvalue weighted by Crippen LogP contribution is 2.35. The number of imidazole rings is 1. The minimum Gasteiger partial charge on any atom is -0.461 e. The van der Waals surface area contributed by atoms with Crippen molar-refractivity contribution in [2.45, 2.75) is 46.2 Å². The molecule has 9 nitrogen and oxygen atoms in total. The number of hydrogen-bond acceptors (Lipinski definition) is 7. The quantitative estimate of drug-likeness (QED) is 0.257. The fourth-order valence-corrected chi connectivity index (χ4v) is 4.80. The van der Waals surface area contributed by atoms with Crippen molar-refractivity contribution >= 4 is 45.0 Å². The van der Waals surface area contributed by atoms with Crippen molar-refractivity contribution in [3.05, 3.63) is 68.4 Å². The van der Waals surface area contributed by atoms with Crippen molar-refractivity contribution in [2.75, 3.05) is 11.9 Å². The first-order valence-corrected chi connectivity index (χ1v) is 12.3. The molecule has 0 aliphatic heterocycles. The summed E-state index contributed by atoms with van der Waals surface area (Å²) in [5.41, 5.74) is 2.17. The number of aromatic nitrogens is 6. The second-order valence-electron chi connectivity index (χ2n) is 8.23. The van der Waals surface area contributed by atoms with Crippen LogP contribution in [0.5, 0.6) is 0 Å². The van der Waals surface area contributed by atoms with Crippen LogP contribution in [0.25, 0.3) is 5.65 Å². The molecule has 0 amide bonds. The van der Waals surface area contributed by atoms with Crippen LogP contribution in [-0.2, 0) is 4.74 Å². The lowest BCUT2D eigenvalue weighted by molar-refractivity contribution is 0.0518. The largest absolute Gasteiger partial charge is 0.461 e. The van der Waals surface area contributed by atoms with E-state index in [0.717, 1.165) is 10.1 Å². The van der Waals surface area contributed by atoms with E-state index in [4.69, 9.17) is 16.3 Å². The molecular formula is C23H23BrClF2N7O2. The maximum atomic E-state index is 13.5. The fourth-order valence-electron chi connectivity index (χ4n) is 3.90. The van der Waals surface area contributed by atoms with Crippen LogP contribution in [-0.4, -0.2) is 41.9 Å². The number of halogens is 4. The fraction of sp³-hybridized carbons (Fsp3) is 0.348. The zero-order valence-corrected chi connectivity index (χ0v) is 22.2. The Kier molecular flexibility index (Phi) is 7.55. The van der Waals surface area contributed by atoms with Crippen LogP contribution >= 0.6 is 27.5 Å². The Balaban J connectivity index is 1.93. The van der Waals surface area contributed by atoms with Gasteiger partial charge in [-0.2, -0.15) is 4.52 Å². The van der Waals surface area contributed by atoms with Crippen LogP contribution in [0.3, 0.4) is 0 Å². The molecule has 0 saturated carbocycles. The van der Waals surface area contributed by atoms with Crippen LogP contribution in [0.1, 0.15) is 72.4 Å². The Hall–Kier alpha value is -3.12. The number of alkyl halides is 2. The molecule has 0 aliphatic carbocycles. The molecular weight excluding hydrogens is 560 g/mol. The second kappa shape index (κ2) is 10.5. The predicted octanol–water partition coefficient (Wildman–Crippen LogP) is 5.94. The molecule has 4 rings (SSSR count). The summed E-state index contributed by atoms with van der Waals surface area (Å²) in [5.74, 6) is -0.891. The van der Waals surface area contributed by atoms with E-state index in [-0.39, 0.29) is 29.8 Å². The smallest absolute Gasteiger partial charge is 0.358 e. The van der Waals surface area contributed by atoms with E-state index in [1.165, 1.54) is 0 Å². The number of nitrogens with zero attached hydrogens (tertiary/aromatic N) is 6. The molecule has 1 atom stereocenters. The summed E-state index contributed by atoms with van der Waals surface area (Å²) in [4.78, 5) is 17.4. The normalized spacial score (nSPS) is 12.5. The lowest BCUT2D eigenvalue weighted by atomic mass is 10.0. The standard InChI is InChI=1S/C23H23BrClF2N7O2/c1-5-36-22(35)17-18(33(11(2)3)23(24)29-17)16(13-6-8-14(25)9-7-13)28-15-10-12(4)20-30-31-21(19(26)27)34(20)32-15/h6-11,16,19H,5H2,1-4H3,(H,28,32). The summed E-state index contributed by atoms with van der Waals surface area (Å²) < 4.78 is 35.6. The van der Waals surface area contributed by atoms with E-state index in [9.17, 15) is 13.6 Å². The summed E-state index contributed by atoms with van der Waals surface area (Å²) in [6, 6.07) is 7.94. The number of fused-ring (bicyclic) bond motifs is 1. The Morgan fingerprint density at radius 3 is 2.53 bits per heavy atom. The molecule has 1 aromatic carbocycles. The SMILES string of the molecule is CCOC(=O)c1nc(Br)n(C(C)C)c1C(Nc1cc(C)c2nnc(C(F)F)n2n1)c1ccc(Cl)cc1. The number of esters is 1. The van der Waals surface area contributed by atoms with Gasteiger partial charge in [0.25, 0.3) is 6.43 Å². The summed E-state index contributed by atoms with van der Waals surface area (Å²) in [5, 5.41) is 15.6. The van der Waals surface area contributed by atoms with Crippen LogP contribution < -0.4 is 5.32 Å². The molecule has 0 aliphatic rings. The summed E-state index contributed by atoms with van der Waals surface area (Å²) in [6.45, 7) is 7.50. The maximum Gasteiger partial charge on any atom is 0.358 e. The van der Waals surface area contributed by atoms with Gasteiger partial charge in [-0.3, -0.25) is 0 Å². The second-order valence-corrected chi connectivity index (χ2v) is 9.38. The molecule has 0 saturated heterocycles. The molecule has 0 spiro atoms. The number of anilines is 1. The van der Waals surface area contributed by atoms with Crippen molar-refractivity contribution in [3.63, 3.8) is 0 Å². The van der Waals surface area contributed by atoms with E-state index in [2.05, 4.69) is 41.5 Å². The first-order chi connectivity index (χ1) is 17.1. The van der Waals surface area contributed by atoms with Gasteiger partial charge in [-0.25, -0.2) is 18.6 Å². The third kappa shape index (κ3) is 4.92. The van der Waals surface area contributed by atoms with Crippen LogP contribution in [0, 0.1) is 6.92 Å². The molecule has 0 bridgehead atoms. The van der Waals surface area contributed by atoms with E-state index in [1.807, 2.05) is 18.4 Å². The monoisotopic (exact) mass is 581 g/mol. The number of benzene rings is 1. The van der Waals surface area contributed by atoms with Gasteiger partial charge < -0.3 is 14.6 Å². The van der Waals surface area contributed by atoms with Gasteiger partial charge in [0, 0.05) is 11.1 Å². The average molecular weight is 583 g/mol. The number of carbonyl (C=O) groups is 1. The molecule has 4 aromatic rings. The topological polar surface area (TPSA) is 99.2 Å². The average Bonchev–Trinajstić information content (AvgIpc) is 3.40. The van der Waals surface area contributed by atoms with Gasteiger partial charge in [-0.05, 0) is 73.0 Å². The highest BCUT2D eigenvalue weighted by molar-refractivity contribution is 9.10. The predicted molar refractivity (Wildman–Crippen MR) is 134 cm³/mol. The third-order valence-electron chi connectivity index (χ3n) is 5.43. The zero-order valence-electron chi connectivity index (χ0n) is 19.8. The first kappa shape index (κ1) is 26.0. The zero-order chi connectivity index (χ0) is 26.1. The van der Waals surface area contributed by atoms with Crippen LogP contribution in [0.15, 0.2) is 35.1 Å². The number of ether oxygens (including phenoxy) is 1. The lowest BCUT2D eigenvalue weighted by Crippen LogP contribution is -2.22. The van der Waals surface area contributed by atoms with Crippen LogP contribution in [0.4, 0.5) is 14.6 Å². The Labute approximate surface area is 219 Å². The summed E-state index contributed by atoms with van der Waals surface area (Å²) in [7, 11) is 0. The number of nitrogens with one attached hydrogen (secondary N) is 1. The highest BCUT2D eigenvalue weighted by Gasteiger charge is 2.31. The minimum absolute atomic E-state index is 0.0953. The van der Waals surface area contributed by atoms with Gasteiger partial charge in [0.05, 0.1) is 18.3 Å². The van der Waals surface area contributed by atoms with Gasteiger partial charge in [-0.15, -0.1) is 15.3 Å². The van der Waals surface area contributed by atoms with Crippen molar-refractivity contribution in [1.82, 2.24) is 29.4 Å². The number of hydrogen-bond donors (Lipinski definition) is 1. The van der Waals surface area contributed by atoms with Crippen molar-refractivity contribution in [2.24, 2.45) is 0 Å². The number of carbonyl (C=O) groups excluding carboxylic acids is 1. The first-order valence-electron chi connectivity index (χ1n) is 11.1. The molecule has 190 valence electrons. The van der Waals surface area contributed by atoms with Crippen molar-refractivity contribution < 1.29 is 18.3 Å². The molecule has 13 heteroatoms. The van der Waals surface area contributed by atoms with Gasteiger partial charge in [-0.1, -0.05) is 23.7 Å². The molecule has 0 fully saturated rings. The molecule has 1 unspecified atom stereocenters. The lowest BCUT2D eigenvalue weighted by Gasteiger charge is -2.24. The molecule has 3 aromatic heterocycles. The van der Waals surface area contributed by atoms with Gasteiger partial charge >= 0.3 is 5.97 Å². The molecule has 3 heterocycles. The Bertz CT molecular complexity index is 1410. The van der Waals surface area contributed by atoms with E-state index in [0.29, 0.717) is 21.0 Å². The summed E-state index contributed by atoms with van der Waals surface area (Å²) >= 11 is 9.60. The van der Waals surface area contributed by atoms with Crippen molar-refractivity contribution in [1.29, 1.82) is 0 Å². The maximum absolute atomic E-state index is 13.5.